The molecule has 0 fully saturated rings. The number of pyridine rings is 1. The minimum absolute atomic E-state index is 0.0841. The molecule has 0 aliphatic rings. The molecule has 0 saturated heterocycles. The van der Waals surface area contributed by atoms with Crippen molar-refractivity contribution in [1.29, 1.82) is 0 Å². The van der Waals surface area contributed by atoms with Crippen LogP contribution in [0.25, 0.3) is 10.9 Å². The molecule has 17 heavy (non-hydrogen) atoms. The van der Waals surface area contributed by atoms with Crippen LogP contribution in [0.5, 0.6) is 0 Å². The lowest BCUT2D eigenvalue weighted by Gasteiger charge is -2.02. The molecule has 1 aromatic carbocycles. The fourth-order valence-corrected chi connectivity index (χ4v) is 1.82. The van der Waals surface area contributed by atoms with Gasteiger partial charge >= 0.3 is 0 Å². The predicted molar refractivity (Wildman–Crippen MR) is 67.0 cm³/mol. The highest BCUT2D eigenvalue weighted by atomic mass is 16.6. The van der Waals surface area contributed by atoms with Crippen LogP contribution in [-0.4, -0.2) is 9.91 Å². The number of aromatic nitrogens is 1. The third-order valence-electron chi connectivity index (χ3n) is 2.74. The lowest BCUT2D eigenvalue weighted by molar-refractivity contribution is -0.383. The Kier molecular flexibility index (Phi) is 3.32. The highest BCUT2D eigenvalue weighted by Gasteiger charge is 2.12. The summed E-state index contributed by atoms with van der Waals surface area (Å²) in [5.41, 5.74) is 1.50. The summed E-state index contributed by atoms with van der Waals surface area (Å²) in [5.74, 6) is 0. The predicted octanol–water partition coefficient (Wildman–Crippen LogP) is 3.49. The summed E-state index contributed by atoms with van der Waals surface area (Å²) in [6.45, 7) is 2.11. The fraction of sp³-hybridized carbons (Fsp3) is 0.308. The van der Waals surface area contributed by atoms with Crippen LogP contribution in [0.4, 0.5) is 5.69 Å². The van der Waals surface area contributed by atoms with Gasteiger partial charge in [-0.2, -0.15) is 0 Å². The van der Waals surface area contributed by atoms with Crippen LogP contribution in [0.15, 0.2) is 30.3 Å². The van der Waals surface area contributed by atoms with E-state index in [0.717, 1.165) is 30.3 Å². The van der Waals surface area contributed by atoms with Crippen LogP contribution in [-0.2, 0) is 6.42 Å². The lowest BCUT2D eigenvalue weighted by Crippen LogP contribution is -1.95. The number of para-hydroxylation sites is 1. The molecule has 0 aliphatic carbocycles. The summed E-state index contributed by atoms with van der Waals surface area (Å²) in [6, 6.07) is 8.88. The highest BCUT2D eigenvalue weighted by Crippen LogP contribution is 2.23. The molecule has 1 aromatic heterocycles. The average molecular weight is 230 g/mol. The molecule has 0 saturated carbocycles. The minimum atomic E-state index is -0.376. The van der Waals surface area contributed by atoms with E-state index in [0.29, 0.717) is 5.52 Å². The Labute approximate surface area is 99.4 Å². The number of non-ortho nitro benzene ring substituents is 1. The normalized spacial score (nSPS) is 10.6. The number of hydrogen-bond acceptors (Lipinski definition) is 3. The van der Waals surface area contributed by atoms with Gasteiger partial charge in [-0.15, -0.1) is 0 Å². The lowest BCUT2D eigenvalue weighted by atomic mass is 10.1. The number of rotatable bonds is 4. The van der Waals surface area contributed by atoms with Gasteiger partial charge in [0.15, 0.2) is 0 Å². The quantitative estimate of drug-likeness (QED) is 0.596. The number of nitro benzene ring substituents is 1. The standard InChI is InChI=1S/C13H14N2O2/c1-2-3-6-11-9-8-10-5-4-7-12(15(16)17)13(10)14-11/h4-5,7-9H,2-3,6H2,1H3. The number of nitro groups is 1. The topological polar surface area (TPSA) is 56.0 Å². The van der Waals surface area contributed by atoms with E-state index in [-0.39, 0.29) is 10.6 Å². The van der Waals surface area contributed by atoms with Crippen molar-refractivity contribution >= 4 is 16.6 Å². The molecule has 0 spiro atoms. The van der Waals surface area contributed by atoms with E-state index in [2.05, 4.69) is 11.9 Å². The fourth-order valence-electron chi connectivity index (χ4n) is 1.82. The Balaban J connectivity index is 2.50. The minimum Gasteiger partial charge on any atom is -0.258 e. The van der Waals surface area contributed by atoms with Gasteiger partial charge in [-0.3, -0.25) is 10.1 Å². The van der Waals surface area contributed by atoms with Crippen molar-refractivity contribution < 1.29 is 4.92 Å². The summed E-state index contributed by atoms with van der Waals surface area (Å²) < 4.78 is 0. The monoisotopic (exact) mass is 230 g/mol. The molecule has 0 unspecified atom stereocenters. The molecule has 4 nitrogen and oxygen atoms in total. The van der Waals surface area contributed by atoms with Gasteiger partial charge in [0, 0.05) is 17.1 Å². The molecule has 0 aliphatic heterocycles. The number of fused-ring (bicyclic) bond motifs is 1. The van der Waals surface area contributed by atoms with Crippen molar-refractivity contribution in [3.05, 3.63) is 46.1 Å². The van der Waals surface area contributed by atoms with E-state index in [1.807, 2.05) is 18.2 Å². The molecule has 1 heterocycles. The summed E-state index contributed by atoms with van der Waals surface area (Å²) >= 11 is 0. The van der Waals surface area contributed by atoms with Crippen molar-refractivity contribution in [1.82, 2.24) is 4.98 Å². The van der Waals surface area contributed by atoms with Crippen LogP contribution in [0.2, 0.25) is 0 Å². The molecular formula is C13H14N2O2. The summed E-state index contributed by atoms with van der Waals surface area (Å²) in [4.78, 5) is 14.9. The van der Waals surface area contributed by atoms with Gasteiger partial charge in [-0.05, 0) is 18.9 Å². The first-order valence-electron chi connectivity index (χ1n) is 5.75. The van der Waals surface area contributed by atoms with Crippen LogP contribution in [0.1, 0.15) is 25.5 Å². The van der Waals surface area contributed by atoms with Crippen molar-refractivity contribution in [2.75, 3.05) is 0 Å². The average Bonchev–Trinajstić information content (AvgIpc) is 2.35. The largest absolute Gasteiger partial charge is 0.295 e. The molecule has 0 amide bonds. The Morgan fingerprint density at radius 1 is 1.29 bits per heavy atom. The van der Waals surface area contributed by atoms with Gasteiger partial charge in [0.05, 0.1) is 4.92 Å². The second-order valence-electron chi connectivity index (χ2n) is 4.01. The van der Waals surface area contributed by atoms with Gasteiger partial charge in [0.25, 0.3) is 5.69 Å². The first-order chi connectivity index (χ1) is 8.22. The van der Waals surface area contributed by atoms with Crippen molar-refractivity contribution in [3.8, 4) is 0 Å². The van der Waals surface area contributed by atoms with Crippen molar-refractivity contribution in [2.45, 2.75) is 26.2 Å². The van der Waals surface area contributed by atoms with Crippen molar-refractivity contribution in [3.63, 3.8) is 0 Å². The van der Waals surface area contributed by atoms with E-state index in [1.54, 1.807) is 6.07 Å². The molecule has 88 valence electrons. The number of hydrogen-bond donors (Lipinski definition) is 0. The maximum absolute atomic E-state index is 10.9. The molecule has 2 rings (SSSR count). The van der Waals surface area contributed by atoms with Gasteiger partial charge in [0.1, 0.15) is 5.52 Å². The van der Waals surface area contributed by atoms with E-state index in [9.17, 15) is 10.1 Å². The first-order valence-corrected chi connectivity index (χ1v) is 5.75. The van der Waals surface area contributed by atoms with E-state index >= 15 is 0 Å². The maximum atomic E-state index is 10.9. The third-order valence-corrected chi connectivity index (χ3v) is 2.74. The number of benzene rings is 1. The first kappa shape index (κ1) is 11.5. The summed E-state index contributed by atoms with van der Waals surface area (Å²) in [7, 11) is 0. The third kappa shape index (κ3) is 2.41. The smallest absolute Gasteiger partial charge is 0.258 e. The zero-order valence-electron chi connectivity index (χ0n) is 9.72. The zero-order valence-corrected chi connectivity index (χ0v) is 9.72. The Bertz CT molecular complexity index is 552. The molecule has 0 atom stereocenters. The maximum Gasteiger partial charge on any atom is 0.295 e. The van der Waals surface area contributed by atoms with Crippen molar-refractivity contribution in [2.24, 2.45) is 0 Å². The van der Waals surface area contributed by atoms with Crippen LogP contribution < -0.4 is 0 Å². The highest BCUT2D eigenvalue weighted by molar-refractivity contribution is 5.87. The van der Waals surface area contributed by atoms with Crippen LogP contribution >= 0.6 is 0 Å². The molecule has 4 heteroatoms. The second-order valence-corrected chi connectivity index (χ2v) is 4.01. The molecular weight excluding hydrogens is 216 g/mol. The van der Waals surface area contributed by atoms with E-state index < -0.39 is 0 Å². The van der Waals surface area contributed by atoms with E-state index in [4.69, 9.17) is 0 Å². The van der Waals surface area contributed by atoms with E-state index in [1.165, 1.54) is 6.07 Å². The van der Waals surface area contributed by atoms with Crippen LogP contribution in [0.3, 0.4) is 0 Å². The van der Waals surface area contributed by atoms with Gasteiger partial charge < -0.3 is 0 Å². The summed E-state index contributed by atoms with van der Waals surface area (Å²) in [5, 5.41) is 11.7. The molecule has 0 N–H and O–H groups in total. The second kappa shape index (κ2) is 4.91. The SMILES string of the molecule is CCCCc1ccc2cccc([N+](=O)[O-])c2n1. The molecule has 0 radical (unpaired) electrons. The number of aryl methyl sites for hydroxylation is 1. The van der Waals surface area contributed by atoms with Gasteiger partial charge in [-0.1, -0.05) is 31.5 Å². The van der Waals surface area contributed by atoms with Gasteiger partial charge in [-0.25, -0.2) is 4.98 Å². The zero-order chi connectivity index (χ0) is 12.3. The Morgan fingerprint density at radius 2 is 2.12 bits per heavy atom. The summed E-state index contributed by atoms with van der Waals surface area (Å²) in [6.07, 6.45) is 3.02. The molecule has 2 aromatic rings. The molecule has 0 bridgehead atoms. The van der Waals surface area contributed by atoms with Gasteiger partial charge in [0.2, 0.25) is 0 Å². The Hall–Kier alpha value is -1.97. The van der Waals surface area contributed by atoms with Crippen LogP contribution in [0, 0.1) is 10.1 Å². The number of unbranched alkanes of at least 4 members (excludes halogenated alkanes) is 1. The number of nitrogens with zero attached hydrogens (tertiary/aromatic N) is 2. The Morgan fingerprint density at radius 3 is 2.82 bits per heavy atom.